The Morgan fingerprint density at radius 1 is 0.483 bits per heavy atom. The largest absolute Gasteiger partial charge is 1.00 e. The number of H-pyrrole nitrogens is 2. The first kappa shape index (κ1) is 110. The number of halogens is 6. The molecule has 0 atom stereocenters. The number of hydrogen-bond donors (Lipinski definition) is 6. The maximum atomic E-state index is 12.2. The zero-order valence-corrected chi connectivity index (χ0v) is 75.0. The number of benzene rings is 2. The standard InChI is InChI=1S/C15H16N2O4.C9H11BrN2O3.C9H12N2O3.C9H10N2O3.C8H9BrN2O3.C7H9BO3.C7H8N2O3.C6H6BrNO.C3H5BF2.FH.K/c1-9(2)14-13(17(20)21)7-12(15(19)16-14)11-6-4-3-5-10(11)8-18;1-5(2)8-7(12(13)14)4-6(10)9(11-8)15-3;2*1-6(2)9-7(11(12)13)4-5-8(10-9)14-3;1-4(2)7-6(11(13)14)3-5(9)8(12)10-7;9-5-6-3-1-2-4-7(6)8(10)11;1-5-6(9(10)11)3-4-7(8-5)12-2;1-9-6-4-2-3-5(7)8-6;1-3(2)4(5)6;;/h3-7,9,18H,8H2,1-2H3,(H,16,19);4-5H,1-3H3;4-6H,1-3H3;4-5H,1H2,2-3H3;3-4H,1-2H3,(H,10,12);1-4,9-11H,5H2;3-4H,1-2H3;2-4H,1H3;1H2,2H3;1H;/q;;;;;;;;;;+1/p-1. The first-order valence-corrected chi connectivity index (χ1v) is 36.1. The molecular weight excluding hydrogens is 1780 g/mol. The van der Waals surface area contributed by atoms with Crippen molar-refractivity contribution >= 4 is 107 Å². The Hall–Kier alpha value is -10.2. The third-order valence-electron chi connectivity index (χ3n) is 14.7. The molecule has 6 N–H and O–H groups in total. The minimum atomic E-state index is -2.34. The molecule has 45 heteroatoms. The summed E-state index contributed by atoms with van der Waals surface area (Å²) in [6, 6.07) is 31.4. The Morgan fingerprint density at radius 2 is 0.881 bits per heavy atom. The van der Waals surface area contributed by atoms with Gasteiger partial charge < -0.3 is 58.6 Å². The van der Waals surface area contributed by atoms with Crippen LogP contribution in [0.2, 0.25) is 0 Å². The number of hydrogen-bond acceptors (Lipinski definition) is 28. The summed E-state index contributed by atoms with van der Waals surface area (Å²) >= 11 is 9.33. The summed E-state index contributed by atoms with van der Waals surface area (Å²) in [4.78, 5) is 110. The number of rotatable bonds is 21. The van der Waals surface area contributed by atoms with Crippen molar-refractivity contribution in [3.63, 3.8) is 0 Å². The molecule has 118 heavy (non-hydrogen) atoms. The van der Waals surface area contributed by atoms with Crippen molar-refractivity contribution in [2.45, 2.75) is 113 Å². The molecule has 7 aromatic heterocycles. The molecule has 9 rings (SSSR count). The predicted molar refractivity (Wildman–Crippen MR) is 443 cm³/mol. The van der Waals surface area contributed by atoms with Crippen LogP contribution in [0, 0.1) is 67.6 Å². The molecule has 36 nitrogen and oxygen atoms in total. The zero-order valence-electron chi connectivity index (χ0n) is 67.1. The number of aryl methyl sites for hydroxylation is 1. The van der Waals surface area contributed by atoms with Crippen LogP contribution < -0.4 is 96.4 Å². The second-order valence-electron chi connectivity index (χ2n) is 24.5. The van der Waals surface area contributed by atoms with Gasteiger partial charge in [0.1, 0.15) is 27.4 Å². The monoisotopic (exact) mass is 1870 g/mol. The molecule has 0 radical (unpaired) electrons. The molecule has 0 aliphatic heterocycles. The summed E-state index contributed by atoms with van der Waals surface area (Å²) in [5.41, 5.74) is 3.84. The molecule has 7 heterocycles. The van der Waals surface area contributed by atoms with Gasteiger partial charge in [0, 0.05) is 84.3 Å². The third kappa shape index (κ3) is 36.4. The normalized spacial score (nSPS) is 9.84. The van der Waals surface area contributed by atoms with Gasteiger partial charge in [-0.15, -0.1) is 6.58 Å². The van der Waals surface area contributed by atoms with E-state index in [9.17, 15) is 84.0 Å². The van der Waals surface area contributed by atoms with Crippen LogP contribution in [0.25, 0.3) is 16.7 Å². The molecule has 0 unspecified atom stereocenters. The van der Waals surface area contributed by atoms with Gasteiger partial charge in [0.2, 0.25) is 29.4 Å². The zero-order chi connectivity index (χ0) is 88.7. The van der Waals surface area contributed by atoms with Gasteiger partial charge in [-0.2, -0.15) is 0 Å². The summed E-state index contributed by atoms with van der Waals surface area (Å²) in [5, 5.41) is 99.9. The van der Waals surface area contributed by atoms with Crippen molar-refractivity contribution in [2.24, 2.45) is 0 Å². The summed E-state index contributed by atoms with van der Waals surface area (Å²) in [6.07, 6.45) is 0. The van der Waals surface area contributed by atoms with E-state index in [0.29, 0.717) is 90.1 Å². The van der Waals surface area contributed by atoms with Gasteiger partial charge in [-0.1, -0.05) is 117 Å². The minimum absolute atomic E-state index is 0. The van der Waals surface area contributed by atoms with Crippen molar-refractivity contribution in [1.29, 1.82) is 0 Å². The van der Waals surface area contributed by atoms with Gasteiger partial charge in [0.15, 0.2) is 0 Å². The van der Waals surface area contributed by atoms with Crippen LogP contribution in [0.1, 0.15) is 138 Å². The van der Waals surface area contributed by atoms with Crippen LogP contribution in [0.5, 0.6) is 29.4 Å². The first-order chi connectivity index (χ1) is 54.3. The number of nitro groups is 6. The molecule has 0 aliphatic rings. The number of allylic oxidation sites excluding steroid dienone is 2. The van der Waals surface area contributed by atoms with E-state index in [1.165, 1.54) is 90.0 Å². The van der Waals surface area contributed by atoms with Gasteiger partial charge in [-0.25, -0.2) is 24.9 Å². The average Bonchev–Trinajstić information content (AvgIpc) is 0.880. The van der Waals surface area contributed by atoms with E-state index in [-0.39, 0.29) is 154 Å². The van der Waals surface area contributed by atoms with E-state index in [1.807, 2.05) is 39.8 Å². The quantitative estimate of drug-likeness (QED) is 0.0169. The van der Waals surface area contributed by atoms with E-state index in [1.54, 1.807) is 103 Å². The maximum absolute atomic E-state index is 12.2. The number of nitrogens with one attached hydrogen (secondary N) is 2. The number of ether oxygens (including phenoxy) is 5. The maximum Gasteiger partial charge on any atom is 1.00 e. The summed E-state index contributed by atoms with van der Waals surface area (Å²) in [6.45, 7) is 25.3. The first-order valence-electron chi connectivity index (χ1n) is 33.8. The van der Waals surface area contributed by atoms with Crippen molar-refractivity contribution in [1.82, 2.24) is 34.9 Å². The number of pyridine rings is 7. The molecule has 2 aromatic carbocycles. The number of aromatic amines is 2. The molecule has 0 saturated heterocycles. The van der Waals surface area contributed by atoms with Crippen molar-refractivity contribution in [3.05, 3.63) is 280 Å². The van der Waals surface area contributed by atoms with E-state index in [2.05, 4.69) is 95.8 Å². The average molecular weight is 1870 g/mol. The molecule has 0 saturated carbocycles. The van der Waals surface area contributed by atoms with Gasteiger partial charge in [-0.3, -0.25) is 78.9 Å². The van der Waals surface area contributed by atoms with Crippen LogP contribution in [-0.4, -0.2) is 135 Å². The predicted octanol–water partition coefficient (Wildman–Crippen LogP) is 9.33. The number of nitrogens with zero attached hydrogens (tertiary/aromatic N) is 11. The van der Waals surface area contributed by atoms with Crippen LogP contribution in [0.4, 0.5) is 42.8 Å². The van der Waals surface area contributed by atoms with Gasteiger partial charge in [0.05, 0.1) is 104 Å². The van der Waals surface area contributed by atoms with Crippen LogP contribution >= 0.6 is 47.8 Å². The second-order valence-corrected chi connectivity index (χ2v) is 27.0. The molecule has 9 aromatic rings. The summed E-state index contributed by atoms with van der Waals surface area (Å²) in [7, 11) is 3.63. The van der Waals surface area contributed by atoms with Crippen LogP contribution in [0.3, 0.4) is 0 Å². The fourth-order valence-electron chi connectivity index (χ4n) is 8.96. The van der Waals surface area contributed by atoms with E-state index in [0.717, 1.165) is 4.60 Å². The minimum Gasteiger partial charge on any atom is -1.00 e. The molecule has 630 valence electrons. The van der Waals surface area contributed by atoms with Crippen molar-refractivity contribution < 1.29 is 138 Å². The van der Waals surface area contributed by atoms with E-state index >= 15 is 0 Å². The van der Waals surface area contributed by atoms with E-state index < -0.39 is 49.5 Å². The smallest absolute Gasteiger partial charge is 1.00 e. The Morgan fingerprint density at radius 3 is 1.27 bits per heavy atom. The number of methoxy groups -OCH3 is 5. The van der Waals surface area contributed by atoms with Gasteiger partial charge in [0.25, 0.3) is 45.2 Å². The van der Waals surface area contributed by atoms with Crippen LogP contribution in [0.15, 0.2) is 163 Å². The molecule has 0 aliphatic carbocycles. The van der Waals surface area contributed by atoms with Crippen molar-refractivity contribution in [3.8, 4) is 40.5 Å². The topological polar surface area (TPSA) is 516 Å². The Bertz CT molecular complexity index is 4990. The molecule has 0 spiro atoms. The Balaban J connectivity index is 0. The van der Waals surface area contributed by atoms with Gasteiger partial charge in [-0.05, 0) is 108 Å². The Kier molecular flexibility index (Phi) is 51.6. The molecule has 0 bridgehead atoms. The molecule has 0 fully saturated rings. The number of aliphatic hydroxyl groups excluding tert-OH is 2. The number of aromatic nitrogens is 7. The van der Waals surface area contributed by atoms with Crippen LogP contribution in [-0.2, 0) is 13.2 Å². The van der Waals surface area contributed by atoms with E-state index in [4.69, 9.17) is 38.8 Å². The fourth-order valence-corrected chi connectivity index (χ4v) is 10.1. The SMILES string of the molecule is C=C(C)B(F)F.C=C(C)c1nc(OC)ccc1[N+](=O)[O-].CC(C)c1[nH]c(=O)c(-c2ccccc2CO)cc1[N+](=O)[O-].CC(C)c1[nH]c(=O)c(Br)cc1[N+](=O)[O-].COc1ccc([N+](=O)[O-])c(C(C)C)n1.COc1ccc([N+](=O)[O-])c(C)n1.COc1cccc(Br)n1.COc1nc(C(C)C)c([N+](=O)[O-])cc1Br.OCc1ccccc1B(O)O.[F-].[K+]. The Labute approximate surface area is 743 Å². The second kappa shape index (κ2) is 55.5. The summed E-state index contributed by atoms with van der Waals surface area (Å²) in [5.74, 6) is 1.86. The molecule has 0 amide bonds. The van der Waals surface area contributed by atoms with Gasteiger partial charge >= 0.3 is 65.8 Å². The fraction of sp³-hybridized carbons (Fsp3) is 0.301. The molecular formula is C73H86B2Br3F3KN13O23. The number of aliphatic hydroxyl groups is 2. The van der Waals surface area contributed by atoms with Crippen molar-refractivity contribution in [2.75, 3.05) is 35.5 Å². The summed E-state index contributed by atoms with van der Waals surface area (Å²) < 4.78 is 48.0. The third-order valence-corrected chi connectivity index (χ3v) is 16.3.